The number of amides is 2. The fourth-order valence-electron chi connectivity index (χ4n) is 1.56. The Labute approximate surface area is 132 Å². The fourth-order valence-corrected chi connectivity index (χ4v) is 2.03. The van der Waals surface area contributed by atoms with Crippen LogP contribution < -0.4 is 15.4 Å². The average molecular weight is 359 g/mol. The van der Waals surface area contributed by atoms with Gasteiger partial charge in [-0.15, -0.1) is 0 Å². The van der Waals surface area contributed by atoms with E-state index in [-0.39, 0.29) is 6.54 Å². The van der Waals surface area contributed by atoms with Crippen LogP contribution in [0, 0.1) is 5.41 Å². The van der Waals surface area contributed by atoms with Crippen LogP contribution in [0.3, 0.4) is 0 Å². The van der Waals surface area contributed by atoms with E-state index < -0.39 is 17.4 Å². The molecule has 1 aromatic rings. The minimum atomic E-state index is -0.980. The van der Waals surface area contributed by atoms with E-state index in [0.29, 0.717) is 17.9 Å². The highest BCUT2D eigenvalue weighted by Gasteiger charge is 2.31. The summed E-state index contributed by atoms with van der Waals surface area (Å²) in [5, 5.41) is 14.4. The molecule has 7 heteroatoms. The number of hydrogen-bond donors (Lipinski definition) is 3. The maximum absolute atomic E-state index is 11.8. The Morgan fingerprint density at radius 3 is 2.57 bits per heavy atom. The standard InChI is InChI=1S/C14H19BrN2O4/c1-4-14(2,12(18)19)8-16-13(20)17-10-5-9(15)6-11(7-10)21-3/h5-7H,4,8H2,1-3H3,(H,18,19)(H2,16,17,20). The number of aliphatic carboxylic acids is 1. The summed E-state index contributed by atoms with van der Waals surface area (Å²) in [7, 11) is 1.53. The Morgan fingerprint density at radius 1 is 1.38 bits per heavy atom. The SMILES string of the molecule is CCC(C)(CNC(=O)Nc1cc(Br)cc(OC)c1)C(=O)O. The molecular weight excluding hydrogens is 340 g/mol. The van der Waals surface area contributed by atoms with Crippen molar-refractivity contribution in [3.05, 3.63) is 22.7 Å². The van der Waals surface area contributed by atoms with Gasteiger partial charge in [-0.1, -0.05) is 22.9 Å². The number of urea groups is 1. The van der Waals surface area contributed by atoms with Crippen LogP contribution in [0.25, 0.3) is 0 Å². The van der Waals surface area contributed by atoms with E-state index >= 15 is 0 Å². The van der Waals surface area contributed by atoms with E-state index in [0.717, 1.165) is 4.47 Å². The molecule has 1 rings (SSSR count). The van der Waals surface area contributed by atoms with Crippen molar-refractivity contribution in [1.29, 1.82) is 0 Å². The average Bonchev–Trinajstić information content (AvgIpc) is 2.43. The van der Waals surface area contributed by atoms with Gasteiger partial charge in [0.25, 0.3) is 0 Å². The van der Waals surface area contributed by atoms with Gasteiger partial charge in [0.05, 0.1) is 12.5 Å². The Bertz CT molecular complexity index is 536. The molecule has 1 unspecified atom stereocenters. The zero-order chi connectivity index (χ0) is 16.0. The molecule has 2 amide bonds. The first-order chi connectivity index (χ1) is 9.80. The molecule has 0 radical (unpaired) electrons. The molecule has 0 bridgehead atoms. The summed E-state index contributed by atoms with van der Waals surface area (Å²) in [6, 6.07) is 4.69. The van der Waals surface area contributed by atoms with Crippen LogP contribution >= 0.6 is 15.9 Å². The van der Waals surface area contributed by atoms with Crippen LogP contribution in [0.4, 0.5) is 10.5 Å². The maximum atomic E-state index is 11.8. The van der Waals surface area contributed by atoms with Crippen LogP contribution in [0.2, 0.25) is 0 Å². The molecule has 1 atom stereocenters. The molecule has 3 N–H and O–H groups in total. The summed E-state index contributed by atoms with van der Waals surface area (Å²) in [6.07, 6.45) is 0.424. The van der Waals surface area contributed by atoms with Crippen LogP contribution in [-0.2, 0) is 4.79 Å². The number of halogens is 1. The largest absolute Gasteiger partial charge is 0.497 e. The number of carbonyl (C=O) groups excluding carboxylic acids is 1. The maximum Gasteiger partial charge on any atom is 0.319 e. The second kappa shape index (κ2) is 7.31. The zero-order valence-corrected chi connectivity index (χ0v) is 13.8. The number of benzene rings is 1. The number of hydrogen-bond acceptors (Lipinski definition) is 3. The second-order valence-corrected chi connectivity index (χ2v) is 5.82. The van der Waals surface area contributed by atoms with Gasteiger partial charge in [-0.3, -0.25) is 4.79 Å². The lowest BCUT2D eigenvalue weighted by molar-refractivity contribution is -0.147. The molecule has 0 aromatic heterocycles. The highest BCUT2D eigenvalue weighted by molar-refractivity contribution is 9.10. The lowest BCUT2D eigenvalue weighted by Crippen LogP contribution is -2.42. The van der Waals surface area contributed by atoms with Crippen molar-refractivity contribution in [2.45, 2.75) is 20.3 Å². The number of carboxylic acids is 1. The summed E-state index contributed by atoms with van der Waals surface area (Å²) >= 11 is 3.32. The lowest BCUT2D eigenvalue weighted by Gasteiger charge is -2.23. The normalized spacial score (nSPS) is 13.1. The Balaban J connectivity index is 2.66. The molecule has 0 aliphatic carbocycles. The van der Waals surface area contributed by atoms with Gasteiger partial charge in [0.15, 0.2) is 0 Å². The molecule has 6 nitrogen and oxygen atoms in total. The minimum Gasteiger partial charge on any atom is -0.497 e. The van der Waals surface area contributed by atoms with Crippen molar-refractivity contribution in [2.75, 3.05) is 19.0 Å². The molecule has 0 aliphatic rings. The Kier molecular flexibility index (Phi) is 6.02. The molecule has 0 aliphatic heterocycles. The third-order valence-electron chi connectivity index (χ3n) is 3.30. The Morgan fingerprint density at radius 2 is 2.05 bits per heavy atom. The van der Waals surface area contributed by atoms with Crippen molar-refractivity contribution in [3.8, 4) is 5.75 Å². The predicted octanol–water partition coefficient (Wildman–Crippen LogP) is 3.08. The third-order valence-corrected chi connectivity index (χ3v) is 3.76. The van der Waals surface area contributed by atoms with E-state index in [9.17, 15) is 9.59 Å². The number of rotatable bonds is 6. The quantitative estimate of drug-likeness (QED) is 0.728. The van der Waals surface area contributed by atoms with Crippen molar-refractivity contribution in [1.82, 2.24) is 5.32 Å². The van der Waals surface area contributed by atoms with E-state index in [1.807, 2.05) is 0 Å². The van der Waals surface area contributed by atoms with Crippen LogP contribution in [0.5, 0.6) is 5.75 Å². The molecular formula is C14H19BrN2O4. The van der Waals surface area contributed by atoms with Crippen LogP contribution in [0.1, 0.15) is 20.3 Å². The molecule has 0 fully saturated rings. The monoisotopic (exact) mass is 358 g/mol. The van der Waals surface area contributed by atoms with Crippen molar-refractivity contribution >= 4 is 33.6 Å². The summed E-state index contributed by atoms with van der Waals surface area (Å²) < 4.78 is 5.87. The zero-order valence-electron chi connectivity index (χ0n) is 12.2. The summed E-state index contributed by atoms with van der Waals surface area (Å²) in [5.74, 6) is -0.335. The lowest BCUT2D eigenvalue weighted by atomic mass is 9.88. The molecule has 21 heavy (non-hydrogen) atoms. The first-order valence-corrected chi connectivity index (χ1v) is 7.23. The summed E-state index contributed by atoms with van der Waals surface area (Å²) in [4.78, 5) is 23.0. The third kappa shape index (κ3) is 4.93. The van der Waals surface area contributed by atoms with Gasteiger partial charge in [-0.05, 0) is 25.5 Å². The molecule has 116 valence electrons. The summed E-state index contributed by atoms with van der Waals surface area (Å²) in [5.41, 5.74) is -0.431. The van der Waals surface area contributed by atoms with Crippen LogP contribution in [0.15, 0.2) is 22.7 Å². The number of ether oxygens (including phenoxy) is 1. The van der Waals surface area contributed by atoms with Gasteiger partial charge in [-0.2, -0.15) is 0 Å². The van der Waals surface area contributed by atoms with E-state index in [1.54, 1.807) is 32.0 Å². The Hall–Kier alpha value is -1.76. The smallest absolute Gasteiger partial charge is 0.319 e. The van der Waals surface area contributed by atoms with Crippen molar-refractivity contribution in [2.24, 2.45) is 5.41 Å². The highest BCUT2D eigenvalue weighted by Crippen LogP contribution is 2.24. The van der Waals surface area contributed by atoms with Gasteiger partial charge in [0.2, 0.25) is 0 Å². The predicted molar refractivity (Wildman–Crippen MR) is 83.7 cm³/mol. The number of carboxylic acid groups (broad SMARTS) is 1. The van der Waals surface area contributed by atoms with E-state index in [4.69, 9.17) is 9.84 Å². The first-order valence-electron chi connectivity index (χ1n) is 6.43. The molecule has 0 spiro atoms. The van der Waals surface area contributed by atoms with Gasteiger partial charge >= 0.3 is 12.0 Å². The highest BCUT2D eigenvalue weighted by atomic mass is 79.9. The first kappa shape index (κ1) is 17.3. The molecule has 1 aromatic carbocycles. The summed E-state index contributed by atoms with van der Waals surface area (Å²) in [6.45, 7) is 3.42. The van der Waals surface area contributed by atoms with Crippen LogP contribution in [-0.4, -0.2) is 30.8 Å². The van der Waals surface area contributed by atoms with Crippen molar-refractivity contribution < 1.29 is 19.4 Å². The topological polar surface area (TPSA) is 87.7 Å². The van der Waals surface area contributed by atoms with E-state index in [2.05, 4.69) is 26.6 Å². The minimum absolute atomic E-state index is 0.0514. The van der Waals surface area contributed by atoms with Gasteiger partial charge in [0.1, 0.15) is 5.75 Å². The molecule has 0 saturated heterocycles. The second-order valence-electron chi connectivity index (χ2n) is 4.91. The van der Waals surface area contributed by atoms with Gasteiger partial charge in [-0.25, -0.2) is 4.79 Å². The van der Waals surface area contributed by atoms with Gasteiger partial charge in [0, 0.05) is 22.8 Å². The number of carbonyl (C=O) groups is 2. The molecule has 0 saturated carbocycles. The van der Waals surface area contributed by atoms with E-state index in [1.165, 1.54) is 7.11 Å². The number of anilines is 1. The number of nitrogens with one attached hydrogen (secondary N) is 2. The van der Waals surface area contributed by atoms with Gasteiger partial charge < -0.3 is 20.5 Å². The number of methoxy groups -OCH3 is 1. The van der Waals surface area contributed by atoms with Crippen molar-refractivity contribution in [3.63, 3.8) is 0 Å². The fraction of sp³-hybridized carbons (Fsp3) is 0.429. The molecule has 0 heterocycles.